The molecule has 3 aliphatic heterocycles. The maximum Gasteiger partial charge on any atom is 0.308 e. The highest BCUT2D eigenvalue weighted by Gasteiger charge is 2.46. The van der Waals surface area contributed by atoms with Crippen molar-refractivity contribution in [2.45, 2.75) is 51.7 Å². The number of amides is 4. The van der Waals surface area contributed by atoms with Crippen LogP contribution in [0.5, 0.6) is 0 Å². The molecule has 43 heavy (non-hydrogen) atoms. The zero-order valence-corrected chi connectivity index (χ0v) is 25.2. The van der Waals surface area contributed by atoms with Gasteiger partial charge in [-0.15, -0.1) is 0 Å². The van der Waals surface area contributed by atoms with E-state index < -0.39 is 35.3 Å². The number of anilines is 1. The van der Waals surface area contributed by atoms with E-state index >= 15 is 0 Å². The first-order valence-corrected chi connectivity index (χ1v) is 14.8. The van der Waals surface area contributed by atoms with Gasteiger partial charge in [0.1, 0.15) is 11.6 Å². The molecule has 1 N–H and O–H groups in total. The first-order valence-electron chi connectivity index (χ1n) is 14.8. The fourth-order valence-electron chi connectivity index (χ4n) is 5.26. The lowest BCUT2D eigenvalue weighted by atomic mass is 10.0. The second kappa shape index (κ2) is 14.9. The van der Waals surface area contributed by atoms with Crippen molar-refractivity contribution in [2.24, 2.45) is 0 Å². The summed E-state index contributed by atoms with van der Waals surface area (Å²) in [5.41, 5.74) is 0.805. The topological polar surface area (TPSA) is 144 Å². The predicted octanol–water partition coefficient (Wildman–Crippen LogP) is 0.991. The minimum absolute atomic E-state index is 0.0864. The average molecular weight is 603 g/mol. The predicted molar refractivity (Wildman–Crippen MR) is 155 cm³/mol. The number of ether oxygens (including phenoxy) is 4. The lowest BCUT2D eigenvalue weighted by Crippen LogP contribution is -2.54. The number of piperidine rings is 1. The number of esters is 1. The van der Waals surface area contributed by atoms with E-state index in [0.717, 1.165) is 24.5 Å². The van der Waals surface area contributed by atoms with Crippen LogP contribution in [0.1, 0.15) is 60.7 Å². The highest BCUT2D eigenvalue weighted by atomic mass is 16.6. The Hall–Kier alpha value is -3.39. The summed E-state index contributed by atoms with van der Waals surface area (Å²) in [6.07, 6.45) is 0.427. The Morgan fingerprint density at radius 1 is 0.884 bits per heavy atom. The third-order valence-corrected chi connectivity index (χ3v) is 7.33. The molecule has 2 fully saturated rings. The maximum absolute atomic E-state index is 13.4. The number of nitrogens with one attached hydrogen (secondary N) is 1. The summed E-state index contributed by atoms with van der Waals surface area (Å²) >= 11 is 0. The summed E-state index contributed by atoms with van der Waals surface area (Å²) in [4.78, 5) is 67.5. The summed E-state index contributed by atoms with van der Waals surface area (Å²) in [6.45, 7) is 11.7. The molecule has 0 radical (unpaired) electrons. The van der Waals surface area contributed by atoms with Gasteiger partial charge >= 0.3 is 5.97 Å². The van der Waals surface area contributed by atoms with Gasteiger partial charge in [-0.1, -0.05) is 6.07 Å². The number of benzene rings is 1. The second-order valence-electron chi connectivity index (χ2n) is 11.6. The van der Waals surface area contributed by atoms with Crippen molar-refractivity contribution in [1.29, 1.82) is 0 Å². The van der Waals surface area contributed by atoms with Crippen molar-refractivity contribution in [3.8, 4) is 0 Å². The van der Waals surface area contributed by atoms with Crippen LogP contribution < -0.4 is 10.2 Å². The van der Waals surface area contributed by atoms with E-state index in [2.05, 4.69) is 15.1 Å². The van der Waals surface area contributed by atoms with Gasteiger partial charge in [-0.25, -0.2) is 0 Å². The summed E-state index contributed by atoms with van der Waals surface area (Å²) in [5.74, 6) is -2.28. The van der Waals surface area contributed by atoms with Crippen LogP contribution in [0.4, 0.5) is 5.69 Å². The van der Waals surface area contributed by atoms with Crippen LogP contribution in [0, 0.1) is 0 Å². The Morgan fingerprint density at radius 3 is 2.19 bits per heavy atom. The number of rotatable bonds is 14. The quantitative estimate of drug-likeness (QED) is 0.185. The highest BCUT2D eigenvalue weighted by Crippen LogP contribution is 2.34. The Kier molecular flexibility index (Phi) is 11.2. The first kappa shape index (κ1) is 32.5. The molecule has 4 rings (SSSR count). The van der Waals surface area contributed by atoms with Crippen LogP contribution >= 0.6 is 0 Å². The van der Waals surface area contributed by atoms with E-state index in [1.165, 1.54) is 0 Å². The van der Waals surface area contributed by atoms with Gasteiger partial charge in [0.15, 0.2) is 0 Å². The Bertz CT molecular complexity index is 1190. The van der Waals surface area contributed by atoms with Crippen LogP contribution in [-0.2, 0) is 33.3 Å². The van der Waals surface area contributed by atoms with E-state index in [1.807, 2.05) is 26.8 Å². The number of hydrogen-bond acceptors (Lipinski definition) is 11. The fraction of sp³-hybridized carbons (Fsp3) is 0.633. The molecule has 3 aliphatic rings. The monoisotopic (exact) mass is 602 g/mol. The van der Waals surface area contributed by atoms with E-state index in [-0.39, 0.29) is 30.8 Å². The molecular weight excluding hydrogens is 560 g/mol. The molecular formula is C30H42N4O9. The fourth-order valence-corrected chi connectivity index (χ4v) is 5.26. The van der Waals surface area contributed by atoms with Crippen molar-refractivity contribution in [3.05, 3.63) is 29.3 Å². The molecule has 1 unspecified atom stereocenters. The van der Waals surface area contributed by atoms with Crippen molar-refractivity contribution in [2.75, 3.05) is 77.3 Å². The molecule has 4 amide bonds. The SMILES string of the molecule is CC(C)(C)OC(=O)CCOCCOCCOCCN1CCN(c2cccc3c2C(=O)N(C2CCC(=O)NC2=O)C3=O)CC1. The van der Waals surface area contributed by atoms with Gasteiger partial charge < -0.3 is 23.8 Å². The second-order valence-corrected chi connectivity index (χ2v) is 11.6. The van der Waals surface area contributed by atoms with Crippen molar-refractivity contribution >= 4 is 35.3 Å². The van der Waals surface area contributed by atoms with Crippen molar-refractivity contribution < 1.29 is 42.9 Å². The maximum atomic E-state index is 13.4. The minimum atomic E-state index is -0.982. The van der Waals surface area contributed by atoms with Gasteiger partial charge in [0, 0.05) is 39.1 Å². The van der Waals surface area contributed by atoms with Crippen LogP contribution in [0.15, 0.2) is 18.2 Å². The van der Waals surface area contributed by atoms with E-state index in [9.17, 15) is 24.0 Å². The number of nitrogens with zero attached hydrogens (tertiary/aromatic N) is 3. The summed E-state index contributed by atoms with van der Waals surface area (Å²) in [5, 5.41) is 2.23. The van der Waals surface area contributed by atoms with E-state index in [1.54, 1.807) is 12.1 Å². The largest absolute Gasteiger partial charge is 0.460 e. The van der Waals surface area contributed by atoms with Crippen LogP contribution in [-0.4, -0.2) is 123 Å². The lowest BCUT2D eigenvalue weighted by Gasteiger charge is -2.36. The van der Waals surface area contributed by atoms with E-state index in [4.69, 9.17) is 18.9 Å². The molecule has 1 aromatic rings. The van der Waals surface area contributed by atoms with E-state index in [0.29, 0.717) is 64.0 Å². The van der Waals surface area contributed by atoms with Crippen molar-refractivity contribution in [1.82, 2.24) is 15.1 Å². The minimum Gasteiger partial charge on any atom is -0.460 e. The highest BCUT2D eigenvalue weighted by molar-refractivity contribution is 6.25. The molecule has 0 spiro atoms. The molecule has 0 saturated carbocycles. The summed E-state index contributed by atoms with van der Waals surface area (Å²) in [7, 11) is 0. The van der Waals surface area contributed by atoms with Crippen LogP contribution in [0.3, 0.4) is 0 Å². The van der Waals surface area contributed by atoms with Gasteiger partial charge in [0.25, 0.3) is 11.8 Å². The molecule has 0 bridgehead atoms. The van der Waals surface area contributed by atoms with Gasteiger partial charge in [-0.2, -0.15) is 0 Å². The molecule has 3 heterocycles. The first-order chi connectivity index (χ1) is 20.5. The number of carbonyl (C=O) groups excluding carboxylic acids is 5. The molecule has 1 atom stereocenters. The normalized spacial score (nSPS) is 19.6. The number of piperazine rings is 1. The molecule has 0 aliphatic carbocycles. The smallest absolute Gasteiger partial charge is 0.308 e. The molecule has 236 valence electrons. The molecule has 0 aromatic heterocycles. The number of hydrogen-bond donors (Lipinski definition) is 1. The number of fused-ring (bicyclic) bond motifs is 1. The molecule has 13 nitrogen and oxygen atoms in total. The van der Waals surface area contributed by atoms with Gasteiger partial charge in [-0.05, 0) is 39.3 Å². The third-order valence-electron chi connectivity index (χ3n) is 7.33. The summed E-state index contributed by atoms with van der Waals surface area (Å²) in [6, 6.07) is 4.22. The Labute approximate surface area is 251 Å². The van der Waals surface area contributed by atoms with Crippen LogP contribution in [0.25, 0.3) is 0 Å². The van der Waals surface area contributed by atoms with Gasteiger partial charge in [0.05, 0.1) is 62.9 Å². The molecule has 1 aromatic carbocycles. The van der Waals surface area contributed by atoms with Gasteiger partial charge in [-0.3, -0.25) is 39.1 Å². The van der Waals surface area contributed by atoms with Crippen LogP contribution in [0.2, 0.25) is 0 Å². The Morgan fingerprint density at radius 2 is 1.53 bits per heavy atom. The van der Waals surface area contributed by atoms with Gasteiger partial charge in [0.2, 0.25) is 11.8 Å². The van der Waals surface area contributed by atoms with Crippen molar-refractivity contribution in [3.63, 3.8) is 0 Å². The zero-order chi connectivity index (χ0) is 31.0. The Balaban J connectivity index is 1.11. The number of imide groups is 2. The summed E-state index contributed by atoms with van der Waals surface area (Å²) < 4.78 is 21.8. The standard InChI is InChI=1S/C30H42N4O9/c1-30(2,3)43-25(36)9-15-40-17-19-42-20-18-41-16-14-32-10-12-33(13-11-32)22-6-4-5-21-26(22)29(39)34(28(21)38)23-7-8-24(35)31-27(23)37/h4-6,23H,7-20H2,1-3H3,(H,31,35,37). The zero-order valence-electron chi connectivity index (χ0n) is 25.2. The third kappa shape index (κ3) is 8.82. The average Bonchev–Trinajstić information content (AvgIpc) is 3.20. The number of carbonyl (C=O) groups is 5. The lowest BCUT2D eigenvalue weighted by molar-refractivity contribution is -0.156. The molecule has 2 saturated heterocycles. The molecule has 13 heteroatoms.